The van der Waals surface area contributed by atoms with Crippen LogP contribution < -0.4 is 4.72 Å². The number of esters is 1. The van der Waals surface area contributed by atoms with E-state index in [-0.39, 0.29) is 29.7 Å². The van der Waals surface area contributed by atoms with Crippen molar-refractivity contribution in [2.45, 2.75) is 25.8 Å². The van der Waals surface area contributed by atoms with Gasteiger partial charge in [-0.2, -0.15) is 5.10 Å². The summed E-state index contributed by atoms with van der Waals surface area (Å²) in [5.41, 5.74) is -0.0897. The van der Waals surface area contributed by atoms with Crippen LogP contribution in [0.4, 0.5) is 0 Å². The Kier molecular flexibility index (Phi) is 4.85. The van der Waals surface area contributed by atoms with Crippen molar-refractivity contribution in [3.05, 3.63) is 11.8 Å². The van der Waals surface area contributed by atoms with Crippen LogP contribution in [-0.4, -0.2) is 37.7 Å². The molecule has 0 atom stereocenters. The number of nitrogens with one attached hydrogen (secondary N) is 2. The van der Waals surface area contributed by atoms with E-state index in [1.165, 1.54) is 0 Å². The van der Waals surface area contributed by atoms with Gasteiger partial charge in [0.25, 0.3) is 10.0 Å². The molecule has 0 aromatic carbocycles. The van der Waals surface area contributed by atoms with Crippen LogP contribution in [-0.2, 0) is 14.8 Å². The van der Waals surface area contributed by atoms with Gasteiger partial charge in [0, 0.05) is 6.54 Å². The van der Waals surface area contributed by atoms with Gasteiger partial charge < -0.3 is 4.74 Å². The summed E-state index contributed by atoms with van der Waals surface area (Å²) in [7, 11) is -3.77. The van der Waals surface area contributed by atoms with E-state index >= 15 is 0 Å². The minimum atomic E-state index is -3.77. The van der Waals surface area contributed by atoms with Crippen LogP contribution in [0.3, 0.4) is 0 Å². The zero-order chi connectivity index (χ0) is 13.8. The lowest BCUT2D eigenvalue weighted by atomic mass is 10.2. The highest BCUT2D eigenvalue weighted by molar-refractivity contribution is 7.89. The maximum absolute atomic E-state index is 11.9. The normalized spacial score (nSPS) is 11.8. The van der Waals surface area contributed by atoms with Crippen molar-refractivity contribution in [1.29, 1.82) is 0 Å². The molecule has 0 aliphatic heterocycles. The molecule has 0 radical (unpaired) electrons. The Morgan fingerprint density at radius 3 is 2.78 bits per heavy atom. The van der Waals surface area contributed by atoms with E-state index in [0.29, 0.717) is 0 Å². The second-order valence-corrected chi connectivity index (χ2v) is 5.78. The van der Waals surface area contributed by atoms with E-state index in [1.54, 1.807) is 6.92 Å². The van der Waals surface area contributed by atoms with Crippen LogP contribution >= 0.6 is 0 Å². The summed E-state index contributed by atoms with van der Waals surface area (Å²) in [5, 5.41) is 5.62. The number of ether oxygens (including phenoxy) is 1. The van der Waals surface area contributed by atoms with Crippen molar-refractivity contribution in [2.75, 3.05) is 13.2 Å². The zero-order valence-electron chi connectivity index (χ0n) is 10.6. The van der Waals surface area contributed by atoms with Crippen molar-refractivity contribution < 1.29 is 17.9 Å². The molecule has 1 aromatic heterocycles. The van der Waals surface area contributed by atoms with Crippen molar-refractivity contribution in [3.8, 4) is 0 Å². The monoisotopic (exact) mass is 275 g/mol. The highest BCUT2D eigenvalue weighted by atomic mass is 32.2. The summed E-state index contributed by atoms with van der Waals surface area (Å²) in [6, 6.07) is 0. The number of rotatable bonds is 6. The first-order valence-electron chi connectivity index (χ1n) is 5.58. The second kappa shape index (κ2) is 5.96. The summed E-state index contributed by atoms with van der Waals surface area (Å²) in [6.45, 7) is 5.85. The number of carbonyl (C=O) groups is 1. The minimum absolute atomic E-state index is 0.0897. The van der Waals surface area contributed by atoms with Crippen LogP contribution in [0.25, 0.3) is 0 Å². The van der Waals surface area contributed by atoms with Gasteiger partial charge >= 0.3 is 5.97 Å². The van der Waals surface area contributed by atoms with Crippen LogP contribution in [0.5, 0.6) is 0 Å². The zero-order valence-corrected chi connectivity index (χ0v) is 11.4. The maximum Gasteiger partial charge on any atom is 0.342 e. The van der Waals surface area contributed by atoms with Gasteiger partial charge in [-0.3, -0.25) is 5.10 Å². The molecule has 102 valence electrons. The third kappa shape index (κ3) is 3.54. The predicted octanol–water partition coefficient (Wildman–Crippen LogP) is 0.521. The van der Waals surface area contributed by atoms with Crippen molar-refractivity contribution in [1.82, 2.24) is 14.9 Å². The van der Waals surface area contributed by atoms with Crippen molar-refractivity contribution >= 4 is 16.0 Å². The first-order valence-corrected chi connectivity index (χ1v) is 7.07. The molecular formula is C10H17N3O4S. The fraction of sp³-hybridized carbons (Fsp3) is 0.600. The number of carbonyl (C=O) groups excluding carboxylic acids is 1. The molecule has 1 heterocycles. The Bertz CT molecular complexity index is 507. The summed E-state index contributed by atoms with van der Waals surface area (Å²) in [5.74, 6) is -0.551. The molecule has 7 nitrogen and oxygen atoms in total. The van der Waals surface area contributed by atoms with Crippen LogP contribution in [0.2, 0.25) is 0 Å². The first kappa shape index (κ1) is 14.7. The molecule has 0 fully saturated rings. The fourth-order valence-corrected chi connectivity index (χ4v) is 2.48. The molecule has 1 aromatic rings. The summed E-state index contributed by atoms with van der Waals surface area (Å²) in [6.07, 6.45) is 1.14. The predicted molar refractivity (Wildman–Crippen MR) is 64.6 cm³/mol. The Morgan fingerprint density at radius 2 is 2.22 bits per heavy atom. The topological polar surface area (TPSA) is 101 Å². The van der Waals surface area contributed by atoms with Crippen LogP contribution in [0.1, 0.15) is 31.1 Å². The molecule has 18 heavy (non-hydrogen) atoms. The molecular weight excluding hydrogens is 258 g/mol. The molecule has 8 heteroatoms. The van der Waals surface area contributed by atoms with E-state index in [0.717, 1.165) is 6.20 Å². The van der Waals surface area contributed by atoms with Gasteiger partial charge in [-0.05, 0) is 12.8 Å². The Morgan fingerprint density at radius 1 is 1.56 bits per heavy atom. The molecule has 0 unspecified atom stereocenters. The standard InChI is InChI=1S/C10H17N3O4S/c1-4-17-10(14)8-6-11-13-9(8)18(15,16)12-5-7(2)3/h6-7,12H,4-5H2,1-3H3,(H,11,13). The molecule has 0 amide bonds. The molecule has 0 saturated carbocycles. The Balaban J connectivity index is 2.96. The van der Waals surface area contributed by atoms with Gasteiger partial charge in [0.15, 0.2) is 5.03 Å². The largest absolute Gasteiger partial charge is 0.462 e. The summed E-state index contributed by atoms with van der Waals surface area (Å²) < 4.78 is 31.0. The minimum Gasteiger partial charge on any atom is -0.462 e. The van der Waals surface area contributed by atoms with E-state index in [2.05, 4.69) is 14.9 Å². The number of hydrogen-bond acceptors (Lipinski definition) is 5. The number of nitrogens with zero attached hydrogens (tertiary/aromatic N) is 1. The number of aromatic amines is 1. The van der Waals surface area contributed by atoms with Crippen LogP contribution in [0, 0.1) is 5.92 Å². The SMILES string of the molecule is CCOC(=O)c1cn[nH]c1S(=O)(=O)NCC(C)C. The number of sulfonamides is 1. The lowest BCUT2D eigenvalue weighted by Gasteiger charge is -2.08. The van der Waals surface area contributed by atoms with E-state index in [1.807, 2.05) is 13.8 Å². The van der Waals surface area contributed by atoms with E-state index in [9.17, 15) is 13.2 Å². The molecule has 0 saturated heterocycles. The van der Waals surface area contributed by atoms with Gasteiger partial charge in [-0.15, -0.1) is 0 Å². The van der Waals surface area contributed by atoms with Gasteiger partial charge in [-0.25, -0.2) is 17.9 Å². The quantitative estimate of drug-likeness (QED) is 0.737. The highest BCUT2D eigenvalue weighted by Crippen LogP contribution is 2.13. The van der Waals surface area contributed by atoms with Crippen molar-refractivity contribution in [2.24, 2.45) is 5.92 Å². The first-order chi connectivity index (χ1) is 8.38. The summed E-state index contributed by atoms with van der Waals surface area (Å²) in [4.78, 5) is 11.5. The molecule has 0 aliphatic rings. The lowest BCUT2D eigenvalue weighted by Crippen LogP contribution is -2.29. The van der Waals surface area contributed by atoms with Crippen molar-refractivity contribution in [3.63, 3.8) is 0 Å². The highest BCUT2D eigenvalue weighted by Gasteiger charge is 2.25. The third-order valence-corrected chi connectivity index (χ3v) is 3.45. The average molecular weight is 275 g/mol. The molecule has 1 rings (SSSR count). The Labute approximate surface area is 106 Å². The van der Waals surface area contributed by atoms with E-state index < -0.39 is 16.0 Å². The molecule has 0 aliphatic carbocycles. The van der Waals surface area contributed by atoms with Gasteiger partial charge in [0.2, 0.25) is 0 Å². The smallest absolute Gasteiger partial charge is 0.342 e. The number of aromatic nitrogens is 2. The van der Waals surface area contributed by atoms with Crippen LogP contribution in [0.15, 0.2) is 11.2 Å². The van der Waals surface area contributed by atoms with E-state index in [4.69, 9.17) is 4.74 Å². The lowest BCUT2D eigenvalue weighted by molar-refractivity contribution is 0.0522. The van der Waals surface area contributed by atoms with Gasteiger partial charge in [0.1, 0.15) is 5.56 Å². The molecule has 0 bridgehead atoms. The summed E-state index contributed by atoms with van der Waals surface area (Å²) >= 11 is 0. The Hall–Kier alpha value is -1.41. The third-order valence-electron chi connectivity index (χ3n) is 2.05. The molecule has 2 N–H and O–H groups in total. The molecule has 0 spiro atoms. The number of H-pyrrole nitrogens is 1. The second-order valence-electron chi connectivity index (χ2n) is 4.08. The average Bonchev–Trinajstić information content (AvgIpc) is 2.76. The van der Waals surface area contributed by atoms with Gasteiger partial charge in [0.05, 0.1) is 12.8 Å². The number of hydrogen-bond donors (Lipinski definition) is 2. The fourth-order valence-electron chi connectivity index (χ4n) is 1.18. The van der Waals surface area contributed by atoms with Gasteiger partial charge in [-0.1, -0.05) is 13.8 Å². The maximum atomic E-state index is 11.9.